The van der Waals surface area contributed by atoms with Gasteiger partial charge in [0.15, 0.2) is 12.6 Å². The number of carboxylic acid groups (broad SMARTS) is 1. The molecule has 2 heterocycles. The summed E-state index contributed by atoms with van der Waals surface area (Å²) >= 11 is 0. The second-order valence-corrected chi connectivity index (χ2v) is 6.82. The van der Waals surface area contributed by atoms with Gasteiger partial charge >= 0.3 is 5.97 Å². The fourth-order valence-corrected chi connectivity index (χ4v) is 3.08. The number of aliphatic hydroxyl groups excluding tert-OH is 7. The highest BCUT2D eigenvalue weighted by atomic mass is 16.7. The van der Waals surface area contributed by atoms with Crippen LogP contribution in [0.2, 0.25) is 0 Å². The molecule has 176 valence electrons. The molecule has 8 N–H and O–H groups in total. The fraction of sp³-hybridized carbons (Fsp3) is 0.938. The molecule has 0 aliphatic carbocycles. The Labute approximate surface area is 170 Å². The van der Waals surface area contributed by atoms with Crippen molar-refractivity contribution in [1.82, 2.24) is 0 Å². The summed E-state index contributed by atoms with van der Waals surface area (Å²) in [5.41, 5.74) is 0. The van der Waals surface area contributed by atoms with Crippen molar-refractivity contribution in [2.24, 2.45) is 0 Å². The van der Waals surface area contributed by atoms with Crippen LogP contribution < -0.4 is 0 Å². The highest BCUT2D eigenvalue weighted by molar-refractivity contribution is 5.67. The standard InChI is InChI=1S/C16H28O14/c17-3-6-9(21)10(22)12(24)16(28-6)30-14-7(4-18)29-15(13(25)11(14)23)27-2-1-26-5-8(19)20/h6-7,9-18,21-25H,1-5H2,(H,19,20)/t6?,7?,9-,10-,11+,12?,13?,14+,15+,16-/m0/s1. The molecule has 2 saturated heterocycles. The second kappa shape index (κ2) is 11.6. The van der Waals surface area contributed by atoms with Gasteiger partial charge < -0.3 is 64.5 Å². The van der Waals surface area contributed by atoms with Crippen molar-refractivity contribution in [3.8, 4) is 0 Å². The molecule has 2 aliphatic rings. The van der Waals surface area contributed by atoms with Crippen molar-refractivity contribution >= 4 is 5.97 Å². The van der Waals surface area contributed by atoms with Gasteiger partial charge in [-0.1, -0.05) is 0 Å². The molecule has 0 aromatic heterocycles. The van der Waals surface area contributed by atoms with E-state index in [1.54, 1.807) is 0 Å². The maximum Gasteiger partial charge on any atom is 0.329 e. The van der Waals surface area contributed by atoms with Crippen LogP contribution in [0.1, 0.15) is 0 Å². The minimum absolute atomic E-state index is 0.135. The highest BCUT2D eigenvalue weighted by Crippen LogP contribution is 2.29. The Kier molecular flexibility index (Phi) is 9.73. The van der Waals surface area contributed by atoms with E-state index in [0.717, 1.165) is 0 Å². The molecule has 30 heavy (non-hydrogen) atoms. The predicted molar refractivity (Wildman–Crippen MR) is 90.8 cm³/mol. The normalized spacial score (nSPS) is 42.2. The maximum atomic E-state index is 10.4. The zero-order valence-electron chi connectivity index (χ0n) is 15.8. The molecule has 4 unspecified atom stereocenters. The molecule has 14 heteroatoms. The van der Waals surface area contributed by atoms with Gasteiger partial charge in [0.25, 0.3) is 0 Å². The first-order chi connectivity index (χ1) is 14.2. The van der Waals surface area contributed by atoms with Crippen LogP contribution in [0.4, 0.5) is 0 Å². The Morgan fingerprint density at radius 1 is 0.767 bits per heavy atom. The fourth-order valence-electron chi connectivity index (χ4n) is 3.08. The monoisotopic (exact) mass is 444 g/mol. The summed E-state index contributed by atoms with van der Waals surface area (Å²) in [5.74, 6) is -1.17. The zero-order chi connectivity index (χ0) is 22.4. The number of aliphatic carboxylic acids is 1. The lowest BCUT2D eigenvalue weighted by atomic mass is 9.97. The van der Waals surface area contributed by atoms with Crippen LogP contribution in [-0.4, -0.2) is 141 Å². The summed E-state index contributed by atoms with van der Waals surface area (Å²) in [6.07, 6.45) is -15.4. The number of aliphatic hydroxyl groups is 7. The minimum Gasteiger partial charge on any atom is -0.480 e. The quantitative estimate of drug-likeness (QED) is 0.147. The lowest BCUT2D eigenvalue weighted by molar-refractivity contribution is -0.359. The van der Waals surface area contributed by atoms with E-state index in [-0.39, 0.29) is 13.2 Å². The first-order valence-corrected chi connectivity index (χ1v) is 9.20. The minimum atomic E-state index is -1.76. The Morgan fingerprint density at radius 2 is 1.37 bits per heavy atom. The van der Waals surface area contributed by atoms with Crippen molar-refractivity contribution in [2.45, 2.75) is 61.4 Å². The largest absolute Gasteiger partial charge is 0.480 e. The molecule has 0 amide bonds. The second-order valence-electron chi connectivity index (χ2n) is 6.82. The Morgan fingerprint density at radius 3 is 1.97 bits per heavy atom. The highest BCUT2D eigenvalue weighted by Gasteiger charge is 2.50. The topological polar surface area (TPSA) is 225 Å². The van der Waals surface area contributed by atoms with E-state index in [1.807, 2.05) is 0 Å². The Balaban J connectivity index is 1.96. The van der Waals surface area contributed by atoms with E-state index < -0.39 is 87.2 Å². The molecule has 14 nitrogen and oxygen atoms in total. The average Bonchev–Trinajstić information content (AvgIpc) is 2.72. The van der Waals surface area contributed by atoms with E-state index in [0.29, 0.717) is 0 Å². The van der Waals surface area contributed by atoms with Crippen molar-refractivity contribution < 1.29 is 69.3 Å². The Hall–Kier alpha value is -1.01. The molecule has 0 saturated carbocycles. The number of rotatable bonds is 10. The predicted octanol–water partition coefficient (Wildman–Crippen LogP) is -5.27. The van der Waals surface area contributed by atoms with Crippen LogP contribution in [-0.2, 0) is 28.5 Å². The lowest BCUT2D eigenvalue weighted by Gasteiger charge is -2.45. The summed E-state index contributed by atoms with van der Waals surface area (Å²) < 4.78 is 25.9. The smallest absolute Gasteiger partial charge is 0.329 e. The molecule has 0 bridgehead atoms. The SMILES string of the molecule is O=C(O)COCCO[C@@H]1OC(CO)[C@@H](O[C@@H]2OC(CO)[C@H](O)[C@H](O)C2O)[C@H](O)C1O. The van der Waals surface area contributed by atoms with Gasteiger partial charge in [-0.2, -0.15) is 0 Å². The Bertz CT molecular complexity index is 530. The molecule has 10 atom stereocenters. The third kappa shape index (κ3) is 6.03. The van der Waals surface area contributed by atoms with E-state index in [9.17, 15) is 40.5 Å². The molecule has 2 aliphatic heterocycles. The van der Waals surface area contributed by atoms with Gasteiger partial charge in [0.05, 0.1) is 26.4 Å². The number of ether oxygens (including phenoxy) is 5. The summed E-state index contributed by atoms with van der Waals surface area (Å²) in [6, 6.07) is 0. The number of carbonyl (C=O) groups is 1. The van der Waals surface area contributed by atoms with Crippen LogP contribution in [0.5, 0.6) is 0 Å². The molecule has 2 fully saturated rings. The first kappa shape index (κ1) is 25.3. The van der Waals surface area contributed by atoms with Crippen LogP contribution in [0, 0.1) is 0 Å². The first-order valence-electron chi connectivity index (χ1n) is 9.20. The van der Waals surface area contributed by atoms with Gasteiger partial charge in [-0.05, 0) is 0 Å². The summed E-state index contributed by atoms with van der Waals surface area (Å²) in [5, 5.41) is 77.5. The van der Waals surface area contributed by atoms with Crippen LogP contribution in [0.3, 0.4) is 0 Å². The van der Waals surface area contributed by atoms with Gasteiger partial charge in [-0.25, -0.2) is 4.79 Å². The van der Waals surface area contributed by atoms with E-state index in [4.69, 9.17) is 28.8 Å². The van der Waals surface area contributed by atoms with Crippen molar-refractivity contribution in [2.75, 3.05) is 33.0 Å². The lowest BCUT2D eigenvalue weighted by Crippen LogP contribution is -2.64. The van der Waals surface area contributed by atoms with Gasteiger partial charge in [0.2, 0.25) is 0 Å². The van der Waals surface area contributed by atoms with Crippen molar-refractivity contribution in [3.63, 3.8) is 0 Å². The van der Waals surface area contributed by atoms with Gasteiger partial charge in [-0.15, -0.1) is 0 Å². The van der Waals surface area contributed by atoms with Gasteiger partial charge in [0, 0.05) is 0 Å². The van der Waals surface area contributed by atoms with Gasteiger partial charge in [0.1, 0.15) is 55.4 Å². The number of hydrogen-bond donors (Lipinski definition) is 8. The van der Waals surface area contributed by atoms with Crippen molar-refractivity contribution in [3.05, 3.63) is 0 Å². The summed E-state index contributed by atoms with van der Waals surface area (Å²) in [6.45, 7) is -2.25. The van der Waals surface area contributed by atoms with Crippen LogP contribution in [0.15, 0.2) is 0 Å². The maximum absolute atomic E-state index is 10.4. The van der Waals surface area contributed by atoms with Gasteiger partial charge in [-0.3, -0.25) is 0 Å². The average molecular weight is 444 g/mol. The molecule has 0 aromatic carbocycles. The van der Waals surface area contributed by atoms with E-state index >= 15 is 0 Å². The van der Waals surface area contributed by atoms with E-state index in [1.165, 1.54) is 0 Å². The summed E-state index contributed by atoms with van der Waals surface area (Å²) in [4.78, 5) is 10.4. The van der Waals surface area contributed by atoms with E-state index in [2.05, 4.69) is 0 Å². The molecular formula is C16H28O14. The number of hydrogen-bond acceptors (Lipinski definition) is 13. The zero-order valence-corrected chi connectivity index (χ0v) is 15.8. The molecular weight excluding hydrogens is 416 g/mol. The third-order valence-electron chi connectivity index (χ3n) is 4.70. The van der Waals surface area contributed by atoms with Crippen molar-refractivity contribution in [1.29, 1.82) is 0 Å². The molecule has 2 rings (SSSR count). The molecule has 0 radical (unpaired) electrons. The number of carboxylic acids is 1. The van der Waals surface area contributed by atoms with Crippen LogP contribution >= 0.6 is 0 Å². The molecule has 0 aromatic rings. The summed E-state index contributed by atoms with van der Waals surface area (Å²) in [7, 11) is 0. The third-order valence-corrected chi connectivity index (χ3v) is 4.70. The van der Waals surface area contributed by atoms with Crippen LogP contribution in [0.25, 0.3) is 0 Å². The molecule has 0 spiro atoms.